The van der Waals surface area contributed by atoms with Crippen LogP contribution in [0, 0.1) is 5.92 Å². The third kappa shape index (κ3) is 2.64. The largest absolute Gasteiger partial charge is 0.478 e. The van der Waals surface area contributed by atoms with E-state index in [1.807, 2.05) is 0 Å². The maximum Gasteiger partial charge on any atom is 0.335 e. The molecule has 0 aliphatic carbocycles. The first-order chi connectivity index (χ1) is 8.06. The van der Waals surface area contributed by atoms with Gasteiger partial charge in [0.1, 0.15) is 5.52 Å². The Balaban J connectivity index is 2.27. The Hall–Kier alpha value is -1.84. The lowest BCUT2D eigenvalue weighted by Gasteiger charge is -1.99. The van der Waals surface area contributed by atoms with Crippen LogP contribution in [0.3, 0.4) is 0 Å². The third-order valence-corrected chi connectivity index (χ3v) is 2.62. The third-order valence-electron chi connectivity index (χ3n) is 2.62. The van der Waals surface area contributed by atoms with E-state index in [4.69, 9.17) is 9.52 Å². The first kappa shape index (κ1) is 11.6. The minimum atomic E-state index is -0.952. The van der Waals surface area contributed by atoms with Crippen molar-refractivity contribution in [3.05, 3.63) is 29.7 Å². The fraction of sp³-hybridized carbons (Fsp3) is 0.385. The van der Waals surface area contributed by atoms with Gasteiger partial charge in [-0.2, -0.15) is 0 Å². The van der Waals surface area contributed by atoms with Crippen LogP contribution in [-0.2, 0) is 6.42 Å². The van der Waals surface area contributed by atoms with Gasteiger partial charge in [0.25, 0.3) is 0 Å². The van der Waals surface area contributed by atoms with Crippen LogP contribution in [0.4, 0.5) is 0 Å². The van der Waals surface area contributed by atoms with Crippen LogP contribution < -0.4 is 0 Å². The summed E-state index contributed by atoms with van der Waals surface area (Å²) in [5.41, 5.74) is 1.49. The zero-order valence-corrected chi connectivity index (χ0v) is 9.93. The fourth-order valence-electron chi connectivity index (χ4n) is 1.62. The quantitative estimate of drug-likeness (QED) is 0.881. The molecule has 0 saturated heterocycles. The lowest BCUT2D eigenvalue weighted by Crippen LogP contribution is -1.94. The van der Waals surface area contributed by atoms with Gasteiger partial charge in [-0.05, 0) is 30.5 Å². The Bertz CT molecular complexity index is 543. The number of carboxylic acid groups (broad SMARTS) is 1. The lowest BCUT2D eigenvalue weighted by atomic mass is 10.1. The molecular formula is C13H15NO3. The molecule has 1 aromatic heterocycles. The minimum absolute atomic E-state index is 0.226. The number of oxazole rings is 1. The summed E-state index contributed by atoms with van der Waals surface area (Å²) in [6, 6.07) is 4.74. The molecule has 0 bridgehead atoms. The van der Waals surface area contributed by atoms with Crippen molar-refractivity contribution in [2.75, 3.05) is 0 Å². The highest BCUT2D eigenvalue weighted by Gasteiger charge is 2.09. The van der Waals surface area contributed by atoms with Crippen LogP contribution in [0.15, 0.2) is 22.6 Å². The van der Waals surface area contributed by atoms with Gasteiger partial charge in [0, 0.05) is 6.42 Å². The van der Waals surface area contributed by atoms with E-state index in [9.17, 15) is 4.79 Å². The van der Waals surface area contributed by atoms with Crippen molar-refractivity contribution in [3.63, 3.8) is 0 Å². The second kappa shape index (κ2) is 4.57. The molecule has 0 unspecified atom stereocenters. The molecule has 1 aromatic carbocycles. The van der Waals surface area contributed by atoms with Crippen LogP contribution in [0.5, 0.6) is 0 Å². The number of benzene rings is 1. The lowest BCUT2D eigenvalue weighted by molar-refractivity contribution is 0.0697. The molecule has 4 heteroatoms. The fourth-order valence-corrected chi connectivity index (χ4v) is 1.62. The van der Waals surface area contributed by atoms with E-state index in [1.54, 1.807) is 12.1 Å². The standard InChI is InChI=1S/C13H15NO3/c1-8(2)3-6-12-14-10-5-4-9(13(15)16)7-11(10)17-12/h4-5,7-8H,3,6H2,1-2H3,(H,15,16). The molecule has 0 aliphatic heterocycles. The topological polar surface area (TPSA) is 63.3 Å². The van der Waals surface area contributed by atoms with Crippen molar-refractivity contribution in [2.45, 2.75) is 26.7 Å². The van der Waals surface area contributed by atoms with Gasteiger partial charge in [-0.1, -0.05) is 13.8 Å². The summed E-state index contributed by atoms with van der Waals surface area (Å²) < 4.78 is 5.53. The molecule has 90 valence electrons. The second-order valence-electron chi connectivity index (χ2n) is 4.53. The zero-order chi connectivity index (χ0) is 12.4. The van der Waals surface area contributed by atoms with Gasteiger partial charge in [0.15, 0.2) is 11.5 Å². The molecule has 0 spiro atoms. The van der Waals surface area contributed by atoms with Crippen molar-refractivity contribution in [3.8, 4) is 0 Å². The minimum Gasteiger partial charge on any atom is -0.478 e. The summed E-state index contributed by atoms with van der Waals surface area (Å²) >= 11 is 0. The van der Waals surface area contributed by atoms with E-state index < -0.39 is 5.97 Å². The number of hydrogen-bond donors (Lipinski definition) is 1. The van der Waals surface area contributed by atoms with Crippen LogP contribution in [0.2, 0.25) is 0 Å². The molecule has 0 aliphatic rings. The first-order valence-electron chi connectivity index (χ1n) is 5.69. The van der Waals surface area contributed by atoms with Crippen molar-refractivity contribution >= 4 is 17.1 Å². The number of carbonyl (C=O) groups is 1. The molecule has 1 heterocycles. The smallest absolute Gasteiger partial charge is 0.335 e. The Morgan fingerprint density at radius 1 is 1.47 bits per heavy atom. The van der Waals surface area contributed by atoms with E-state index in [-0.39, 0.29) is 5.56 Å². The summed E-state index contributed by atoms with van der Waals surface area (Å²) in [4.78, 5) is 15.1. The van der Waals surface area contributed by atoms with Crippen LogP contribution in [0.25, 0.3) is 11.1 Å². The van der Waals surface area contributed by atoms with E-state index in [2.05, 4.69) is 18.8 Å². The average Bonchev–Trinajstić information content (AvgIpc) is 2.67. The Morgan fingerprint density at radius 2 is 2.24 bits per heavy atom. The van der Waals surface area contributed by atoms with Gasteiger partial charge < -0.3 is 9.52 Å². The number of aromatic carboxylic acids is 1. The number of fused-ring (bicyclic) bond motifs is 1. The van der Waals surface area contributed by atoms with Gasteiger partial charge in [0.05, 0.1) is 5.56 Å². The summed E-state index contributed by atoms with van der Waals surface area (Å²) in [6.45, 7) is 4.29. The van der Waals surface area contributed by atoms with Crippen LogP contribution >= 0.6 is 0 Å². The second-order valence-corrected chi connectivity index (χ2v) is 4.53. The molecule has 0 saturated carbocycles. The molecule has 2 aromatic rings. The predicted molar refractivity (Wildman–Crippen MR) is 64.1 cm³/mol. The van der Waals surface area contributed by atoms with E-state index >= 15 is 0 Å². The number of aryl methyl sites for hydroxylation is 1. The highest BCUT2D eigenvalue weighted by atomic mass is 16.4. The SMILES string of the molecule is CC(C)CCc1nc2ccc(C(=O)O)cc2o1. The van der Waals surface area contributed by atoms with E-state index in [1.165, 1.54) is 6.07 Å². The number of carboxylic acids is 1. The Morgan fingerprint density at radius 3 is 2.88 bits per heavy atom. The van der Waals surface area contributed by atoms with E-state index in [0.29, 0.717) is 22.9 Å². The van der Waals surface area contributed by atoms with Crippen molar-refractivity contribution in [1.82, 2.24) is 4.98 Å². The first-order valence-corrected chi connectivity index (χ1v) is 5.69. The number of hydrogen-bond acceptors (Lipinski definition) is 3. The zero-order valence-electron chi connectivity index (χ0n) is 9.93. The molecule has 2 rings (SSSR count). The maximum absolute atomic E-state index is 10.8. The summed E-state index contributed by atoms with van der Waals surface area (Å²) in [7, 11) is 0. The van der Waals surface area contributed by atoms with Gasteiger partial charge in [-0.15, -0.1) is 0 Å². The summed E-state index contributed by atoms with van der Waals surface area (Å²) in [6.07, 6.45) is 1.80. The van der Waals surface area contributed by atoms with Gasteiger partial charge in [0.2, 0.25) is 0 Å². The average molecular weight is 233 g/mol. The molecule has 1 N–H and O–H groups in total. The van der Waals surface area contributed by atoms with Crippen LogP contribution in [0.1, 0.15) is 36.5 Å². The van der Waals surface area contributed by atoms with Gasteiger partial charge >= 0.3 is 5.97 Å². The summed E-state index contributed by atoms with van der Waals surface area (Å²) in [5.74, 6) is 0.322. The van der Waals surface area contributed by atoms with Crippen LogP contribution in [-0.4, -0.2) is 16.1 Å². The molecule has 0 fully saturated rings. The van der Waals surface area contributed by atoms with Gasteiger partial charge in [-0.3, -0.25) is 0 Å². The van der Waals surface area contributed by atoms with E-state index in [0.717, 1.165) is 12.8 Å². The monoisotopic (exact) mass is 233 g/mol. The molecular weight excluding hydrogens is 218 g/mol. The molecule has 4 nitrogen and oxygen atoms in total. The summed E-state index contributed by atoms with van der Waals surface area (Å²) in [5, 5.41) is 8.87. The normalized spacial score (nSPS) is 11.2. The maximum atomic E-state index is 10.8. The highest BCUT2D eigenvalue weighted by molar-refractivity contribution is 5.91. The number of aromatic nitrogens is 1. The number of nitrogens with zero attached hydrogens (tertiary/aromatic N) is 1. The Kier molecular flexibility index (Phi) is 3.13. The molecule has 17 heavy (non-hydrogen) atoms. The van der Waals surface area contributed by atoms with Crippen molar-refractivity contribution < 1.29 is 14.3 Å². The van der Waals surface area contributed by atoms with Gasteiger partial charge in [-0.25, -0.2) is 9.78 Å². The molecule has 0 radical (unpaired) electrons. The molecule has 0 atom stereocenters. The van der Waals surface area contributed by atoms with Crippen molar-refractivity contribution in [2.24, 2.45) is 5.92 Å². The Labute approximate surface area is 99.3 Å². The predicted octanol–water partition coefficient (Wildman–Crippen LogP) is 3.11. The number of rotatable bonds is 4. The molecule has 0 amide bonds. The highest BCUT2D eigenvalue weighted by Crippen LogP contribution is 2.19. The van der Waals surface area contributed by atoms with Crippen molar-refractivity contribution in [1.29, 1.82) is 0 Å².